The lowest BCUT2D eigenvalue weighted by Crippen LogP contribution is -2.04. The first-order valence-electron chi connectivity index (χ1n) is 5.53. The maximum atomic E-state index is 5.86. The number of rotatable bonds is 1. The number of hydrogen-bond donors (Lipinski definition) is 1. The number of nitrogens with zero attached hydrogens (tertiary/aromatic N) is 3. The molecule has 2 N–H and O–H groups in total. The fraction of sp³-hybridized carbons (Fsp3) is 0.308. The predicted molar refractivity (Wildman–Crippen MR) is 68.6 cm³/mol. The summed E-state index contributed by atoms with van der Waals surface area (Å²) in [5.41, 5.74) is 10.7. The molecule has 0 radical (unpaired) electrons. The molecular formula is C13H16N4. The van der Waals surface area contributed by atoms with E-state index in [2.05, 4.69) is 21.0 Å². The molecule has 0 spiro atoms. The van der Waals surface area contributed by atoms with E-state index >= 15 is 0 Å². The number of nitrogen functional groups attached to an aromatic ring is 1. The molecule has 2 rings (SSSR count). The smallest absolute Gasteiger partial charge is 0.180 e. The Morgan fingerprint density at radius 2 is 1.76 bits per heavy atom. The Labute approximate surface area is 101 Å². The number of nitrogens with two attached hydrogens (primary N) is 1. The van der Waals surface area contributed by atoms with Crippen LogP contribution in [-0.2, 0) is 0 Å². The van der Waals surface area contributed by atoms with E-state index in [4.69, 9.17) is 5.73 Å². The molecule has 0 saturated carbocycles. The Morgan fingerprint density at radius 1 is 1.06 bits per heavy atom. The number of aryl methyl sites for hydroxylation is 3. The summed E-state index contributed by atoms with van der Waals surface area (Å²) < 4.78 is 0. The van der Waals surface area contributed by atoms with E-state index in [1.54, 1.807) is 0 Å². The first-order valence-corrected chi connectivity index (χ1v) is 5.53. The van der Waals surface area contributed by atoms with Gasteiger partial charge in [0.05, 0.1) is 0 Å². The van der Waals surface area contributed by atoms with E-state index in [1.807, 2.05) is 33.9 Å². The van der Waals surface area contributed by atoms with Crippen molar-refractivity contribution in [1.82, 2.24) is 15.0 Å². The highest BCUT2D eigenvalue weighted by atomic mass is 15.0. The maximum absolute atomic E-state index is 5.86. The standard InChI is InChI=1S/C13H16N4/c1-7-5-8(2)11(15-6-7)13-16-10(4)9(3)12(14)17-13/h5-6H,1-4H3,(H2,14,16,17). The highest BCUT2D eigenvalue weighted by Crippen LogP contribution is 2.21. The van der Waals surface area contributed by atoms with Crippen molar-refractivity contribution in [3.63, 3.8) is 0 Å². The third-order valence-corrected chi connectivity index (χ3v) is 2.85. The van der Waals surface area contributed by atoms with Gasteiger partial charge >= 0.3 is 0 Å². The van der Waals surface area contributed by atoms with E-state index in [-0.39, 0.29) is 0 Å². The van der Waals surface area contributed by atoms with Gasteiger partial charge in [0.15, 0.2) is 5.82 Å². The monoisotopic (exact) mass is 228 g/mol. The third-order valence-electron chi connectivity index (χ3n) is 2.85. The van der Waals surface area contributed by atoms with Gasteiger partial charge in [0.2, 0.25) is 0 Å². The van der Waals surface area contributed by atoms with Crippen LogP contribution in [0.2, 0.25) is 0 Å². The molecule has 2 aromatic rings. The van der Waals surface area contributed by atoms with E-state index in [0.29, 0.717) is 11.6 Å². The fourth-order valence-electron chi connectivity index (χ4n) is 1.71. The topological polar surface area (TPSA) is 64.7 Å². The normalized spacial score (nSPS) is 10.6. The van der Waals surface area contributed by atoms with Crippen molar-refractivity contribution in [3.05, 3.63) is 34.6 Å². The van der Waals surface area contributed by atoms with Crippen LogP contribution in [0.25, 0.3) is 11.5 Å². The van der Waals surface area contributed by atoms with E-state index in [9.17, 15) is 0 Å². The first-order chi connectivity index (χ1) is 7.99. The van der Waals surface area contributed by atoms with Gasteiger partial charge < -0.3 is 5.73 Å². The van der Waals surface area contributed by atoms with Crippen LogP contribution < -0.4 is 5.73 Å². The second-order valence-corrected chi connectivity index (χ2v) is 4.32. The molecule has 0 amide bonds. The Balaban J connectivity index is 2.61. The van der Waals surface area contributed by atoms with E-state index in [1.165, 1.54) is 0 Å². The van der Waals surface area contributed by atoms with Gasteiger partial charge in [0.25, 0.3) is 0 Å². The summed E-state index contributed by atoms with van der Waals surface area (Å²) in [7, 11) is 0. The molecule has 4 heteroatoms. The van der Waals surface area contributed by atoms with Crippen molar-refractivity contribution in [2.45, 2.75) is 27.7 Å². The predicted octanol–water partition coefficient (Wildman–Crippen LogP) is 2.35. The van der Waals surface area contributed by atoms with Crippen molar-refractivity contribution in [2.75, 3.05) is 5.73 Å². The molecule has 0 bridgehead atoms. The summed E-state index contributed by atoms with van der Waals surface area (Å²) in [5, 5.41) is 0. The molecule has 88 valence electrons. The summed E-state index contributed by atoms with van der Waals surface area (Å²) in [5.74, 6) is 1.12. The van der Waals surface area contributed by atoms with Crippen LogP contribution in [0.15, 0.2) is 12.3 Å². The SMILES string of the molecule is Cc1cnc(-c2nc(C)c(C)c(N)n2)c(C)c1. The van der Waals surface area contributed by atoms with E-state index in [0.717, 1.165) is 28.1 Å². The quantitative estimate of drug-likeness (QED) is 0.813. The maximum Gasteiger partial charge on any atom is 0.180 e. The molecule has 0 unspecified atom stereocenters. The average molecular weight is 228 g/mol. The van der Waals surface area contributed by atoms with Crippen LogP contribution in [-0.4, -0.2) is 15.0 Å². The molecule has 0 aliphatic rings. The van der Waals surface area contributed by atoms with Crippen molar-refractivity contribution < 1.29 is 0 Å². The van der Waals surface area contributed by atoms with Gasteiger partial charge in [0.1, 0.15) is 11.5 Å². The lowest BCUT2D eigenvalue weighted by atomic mass is 10.1. The average Bonchev–Trinajstić information content (AvgIpc) is 2.25. The minimum atomic E-state index is 0.522. The van der Waals surface area contributed by atoms with Gasteiger partial charge in [-0.1, -0.05) is 6.07 Å². The highest BCUT2D eigenvalue weighted by Gasteiger charge is 2.10. The summed E-state index contributed by atoms with van der Waals surface area (Å²) in [6.45, 7) is 7.87. The number of anilines is 1. The number of aromatic nitrogens is 3. The molecule has 17 heavy (non-hydrogen) atoms. The van der Waals surface area contributed by atoms with Crippen molar-refractivity contribution in [2.24, 2.45) is 0 Å². The van der Waals surface area contributed by atoms with Gasteiger partial charge in [-0.15, -0.1) is 0 Å². The second kappa shape index (κ2) is 4.13. The molecule has 0 aliphatic heterocycles. The van der Waals surface area contributed by atoms with Crippen LogP contribution in [0.4, 0.5) is 5.82 Å². The molecule has 4 nitrogen and oxygen atoms in total. The number of hydrogen-bond acceptors (Lipinski definition) is 4. The minimum Gasteiger partial charge on any atom is -0.383 e. The molecule has 0 saturated heterocycles. The highest BCUT2D eigenvalue weighted by molar-refractivity contribution is 5.58. The number of pyridine rings is 1. The fourth-order valence-corrected chi connectivity index (χ4v) is 1.71. The lowest BCUT2D eigenvalue weighted by molar-refractivity contribution is 1.05. The molecule has 2 aromatic heterocycles. The Morgan fingerprint density at radius 3 is 2.35 bits per heavy atom. The van der Waals surface area contributed by atoms with Crippen LogP contribution in [0.5, 0.6) is 0 Å². The summed E-state index contributed by atoms with van der Waals surface area (Å²) >= 11 is 0. The van der Waals surface area contributed by atoms with Gasteiger partial charge in [-0.05, 0) is 38.8 Å². The largest absolute Gasteiger partial charge is 0.383 e. The zero-order valence-electron chi connectivity index (χ0n) is 10.6. The molecule has 0 atom stereocenters. The zero-order chi connectivity index (χ0) is 12.6. The Kier molecular flexibility index (Phi) is 2.79. The summed E-state index contributed by atoms with van der Waals surface area (Å²) in [6, 6.07) is 2.07. The molecule has 0 fully saturated rings. The lowest BCUT2D eigenvalue weighted by Gasteiger charge is -2.08. The summed E-state index contributed by atoms with van der Waals surface area (Å²) in [4.78, 5) is 13.1. The Bertz CT molecular complexity index is 553. The second-order valence-electron chi connectivity index (χ2n) is 4.32. The molecule has 0 aromatic carbocycles. The first kappa shape index (κ1) is 11.5. The van der Waals surface area contributed by atoms with Crippen molar-refractivity contribution in [3.8, 4) is 11.5 Å². The van der Waals surface area contributed by atoms with Gasteiger partial charge in [0, 0.05) is 17.5 Å². The van der Waals surface area contributed by atoms with Crippen molar-refractivity contribution in [1.29, 1.82) is 0 Å². The van der Waals surface area contributed by atoms with Crippen LogP contribution in [0.1, 0.15) is 22.4 Å². The minimum absolute atomic E-state index is 0.522. The van der Waals surface area contributed by atoms with E-state index < -0.39 is 0 Å². The molecular weight excluding hydrogens is 212 g/mol. The van der Waals surface area contributed by atoms with Crippen LogP contribution in [0.3, 0.4) is 0 Å². The van der Waals surface area contributed by atoms with Gasteiger partial charge in [-0.25, -0.2) is 9.97 Å². The molecule has 2 heterocycles. The third kappa shape index (κ3) is 2.11. The Hall–Kier alpha value is -1.97. The zero-order valence-corrected chi connectivity index (χ0v) is 10.6. The molecule has 0 aliphatic carbocycles. The van der Waals surface area contributed by atoms with Crippen LogP contribution >= 0.6 is 0 Å². The van der Waals surface area contributed by atoms with Crippen LogP contribution in [0, 0.1) is 27.7 Å². The van der Waals surface area contributed by atoms with Gasteiger partial charge in [-0.3, -0.25) is 4.98 Å². The van der Waals surface area contributed by atoms with Crippen molar-refractivity contribution >= 4 is 5.82 Å². The van der Waals surface area contributed by atoms with Gasteiger partial charge in [-0.2, -0.15) is 0 Å². The summed E-state index contributed by atoms with van der Waals surface area (Å²) in [6.07, 6.45) is 1.82.